The summed E-state index contributed by atoms with van der Waals surface area (Å²) in [6.45, 7) is 9.61. The van der Waals surface area contributed by atoms with E-state index in [1.165, 1.54) is 13.0 Å². The average Bonchev–Trinajstić information content (AvgIpc) is 3.24. The summed E-state index contributed by atoms with van der Waals surface area (Å²) in [7, 11) is 0. The summed E-state index contributed by atoms with van der Waals surface area (Å²) in [5.74, 6) is -0.323. The monoisotopic (exact) mass is 402 g/mol. The Hall–Kier alpha value is -1.91. The van der Waals surface area contributed by atoms with Crippen LogP contribution in [0.4, 0.5) is 4.39 Å². The molecule has 5 heteroatoms. The van der Waals surface area contributed by atoms with Gasteiger partial charge in [-0.05, 0) is 68.6 Å². The second-order valence-corrected chi connectivity index (χ2v) is 9.87. The third kappa shape index (κ3) is 4.34. The van der Waals surface area contributed by atoms with Crippen molar-refractivity contribution in [2.75, 3.05) is 0 Å². The van der Waals surface area contributed by atoms with Crippen molar-refractivity contribution in [3.8, 4) is 0 Å². The Balaban J connectivity index is 1.90. The molecule has 2 saturated carbocycles. The van der Waals surface area contributed by atoms with Gasteiger partial charge < -0.3 is 10.6 Å². The number of carbonyl (C=O) groups excluding carboxylic acids is 2. The summed E-state index contributed by atoms with van der Waals surface area (Å²) in [5, 5.41) is 6.24. The second-order valence-electron chi connectivity index (χ2n) is 9.87. The summed E-state index contributed by atoms with van der Waals surface area (Å²) in [4.78, 5) is 24.9. The Kier molecular flexibility index (Phi) is 6.07. The molecule has 0 aliphatic heterocycles. The van der Waals surface area contributed by atoms with Gasteiger partial charge in [-0.1, -0.05) is 32.8 Å². The highest BCUT2D eigenvalue weighted by atomic mass is 19.1. The Bertz CT molecular complexity index is 800. The van der Waals surface area contributed by atoms with Gasteiger partial charge in [-0.2, -0.15) is 0 Å². The standard InChI is InChI=1S/C24H35FN2O2/c1-15-8-9-19(25)20(16(15)2)21(23(4)11-6-7-12-23)27-22(29)24(5)13-10-18(14-24)26-17(3)28/h8-9,18,21H,6-7,10-14H2,1-5H3,(H,26,28)(H,27,29)/t18-,21+,24-/m0/s1. The number of carbonyl (C=O) groups is 2. The molecule has 3 rings (SSSR count). The van der Waals surface area contributed by atoms with Crippen molar-refractivity contribution in [3.63, 3.8) is 0 Å². The summed E-state index contributed by atoms with van der Waals surface area (Å²) in [6, 6.07) is 3.02. The SMILES string of the molecule is CC(=O)N[C@H]1CC[C@](C)(C(=O)N[C@H](c2c(F)ccc(C)c2C)C2(C)CCCC2)C1. The van der Waals surface area contributed by atoms with Crippen molar-refractivity contribution < 1.29 is 14.0 Å². The molecule has 0 unspecified atom stereocenters. The molecule has 4 nitrogen and oxygen atoms in total. The quantitative estimate of drug-likeness (QED) is 0.738. The van der Waals surface area contributed by atoms with Gasteiger partial charge in [0.15, 0.2) is 0 Å². The number of rotatable bonds is 5. The summed E-state index contributed by atoms with van der Waals surface area (Å²) < 4.78 is 15.0. The van der Waals surface area contributed by atoms with Crippen LogP contribution in [0.1, 0.15) is 88.4 Å². The summed E-state index contributed by atoms with van der Waals surface area (Å²) in [5.41, 5.74) is 1.91. The third-order valence-corrected chi connectivity index (χ3v) is 7.44. The summed E-state index contributed by atoms with van der Waals surface area (Å²) >= 11 is 0. The van der Waals surface area contributed by atoms with Crippen LogP contribution >= 0.6 is 0 Å². The highest BCUT2D eigenvalue weighted by Crippen LogP contribution is 2.49. The first-order valence-corrected chi connectivity index (χ1v) is 10.9. The fourth-order valence-corrected chi connectivity index (χ4v) is 5.39. The average molecular weight is 403 g/mol. The van der Waals surface area contributed by atoms with E-state index < -0.39 is 5.41 Å². The van der Waals surface area contributed by atoms with Crippen molar-refractivity contribution >= 4 is 11.8 Å². The van der Waals surface area contributed by atoms with Crippen LogP contribution in [0.2, 0.25) is 0 Å². The number of hydrogen-bond acceptors (Lipinski definition) is 2. The van der Waals surface area contributed by atoms with Crippen LogP contribution in [0, 0.1) is 30.5 Å². The molecule has 0 saturated heterocycles. The lowest BCUT2D eigenvalue weighted by Gasteiger charge is -2.38. The number of amides is 2. The second kappa shape index (κ2) is 8.08. The molecule has 0 radical (unpaired) electrons. The minimum Gasteiger partial charge on any atom is -0.354 e. The number of benzene rings is 1. The molecule has 0 spiro atoms. The minimum absolute atomic E-state index is 0.0243. The van der Waals surface area contributed by atoms with Crippen LogP contribution in [0.15, 0.2) is 12.1 Å². The smallest absolute Gasteiger partial charge is 0.226 e. The third-order valence-electron chi connectivity index (χ3n) is 7.44. The van der Waals surface area contributed by atoms with Gasteiger partial charge in [0, 0.05) is 23.9 Å². The van der Waals surface area contributed by atoms with E-state index in [0.717, 1.165) is 49.7 Å². The van der Waals surface area contributed by atoms with Gasteiger partial charge in [-0.15, -0.1) is 0 Å². The highest BCUT2D eigenvalue weighted by Gasteiger charge is 2.46. The van der Waals surface area contributed by atoms with Crippen LogP contribution in [-0.4, -0.2) is 17.9 Å². The van der Waals surface area contributed by atoms with Gasteiger partial charge in [-0.3, -0.25) is 9.59 Å². The molecule has 2 fully saturated rings. The van der Waals surface area contributed by atoms with E-state index in [-0.39, 0.29) is 35.1 Å². The Morgan fingerprint density at radius 2 is 1.79 bits per heavy atom. The molecular weight excluding hydrogens is 367 g/mol. The zero-order valence-corrected chi connectivity index (χ0v) is 18.5. The molecule has 1 aromatic rings. The van der Waals surface area contributed by atoms with Gasteiger partial charge in [-0.25, -0.2) is 4.39 Å². The molecule has 0 heterocycles. The van der Waals surface area contributed by atoms with E-state index in [1.807, 2.05) is 20.8 Å². The number of halogens is 1. The van der Waals surface area contributed by atoms with E-state index in [1.54, 1.807) is 6.07 Å². The molecule has 160 valence electrons. The first-order valence-electron chi connectivity index (χ1n) is 10.9. The lowest BCUT2D eigenvalue weighted by atomic mass is 9.74. The fourth-order valence-electron chi connectivity index (χ4n) is 5.39. The van der Waals surface area contributed by atoms with Crippen LogP contribution in [0.5, 0.6) is 0 Å². The van der Waals surface area contributed by atoms with E-state index in [4.69, 9.17) is 0 Å². The van der Waals surface area contributed by atoms with Gasteiger partial charge >= 0.3 is 0 Å². The molecule has 2 N–H and O–H groups in total. The molecule has 29 heavy (non-hydrogen) atoms. The normalized spacial score (nSPS) is 26.9. The first-order chi connectivity index (χ1) is 13.6. The minimum atomic E-state index is -0.547. The van der Waals surface area contributed by atoms with Crippen LogP contribution in [0.25, 0.3) is 0 Å². The molecule has 1 aromatic carbocycles. The molecule has 2 amide bonds. The highest BCUT2D eigenvalue weighted by molar-refractivity contribution is 5.83. The predicted molar refractivity (Wildman–Crippen MR) is 113 cm³/mol. The van der Waals surface area contributed by atoms with E-state index in [0.29, 0.717) is 12.0 Å². The number of nitrogens with one attached hydrogen (secondary N) is 2. The van der Waals surface area contributed by atoms with E-state index in [9.17, 15) is 9.59 Å². The summed E-state index contributed by atoms with van der Waals surface area (Å²) in [6.07, 6.45) is 6.32. The van der Waals surface area contributed by atoms with Crippen LogP contribution < -0.4 is 10.6 Å². The molecule has 3 atom stereocenters. The zero-order chi connectivity index (χ0) is 21.4. The lowest BCUT2D eigenvalue weighted by molar-refractivity contribution is -0.132. The van der Waals surface area contributed by atoms with Crippen molar-refractivity contribution in [1.82, 2.24) is 10.6 Å². The van der Waals surface area contributed by atoms with Gasteiger partial charge in [0.2, 0.25) is 11.8 Å². The number of hydrogen-bond donors (Lipinski definition) is 2. The zero-order valence-electron chi connectivity index (χ0n) is 18.5. The predicted octanol–water partition coefficient (Wildman–Crippen LogP) is 4.88. The van der Waals surface area contributed by atoms with Crippen LogP contribution in [-0.2, 0) is 9.59 Å². The Morgan fingerprint density at radius 1 is 1.14 bits per heavy atom. The number of aryl methyl sites for hydroxylation is 1. The van der Waals surface area contributed by atoms with Crippen molar-refractivity contribution in [1.29, 1.82) is 0 Å². The maximum Gasteiger partial charge on any atom is 0.226 e. The van der Waals surface area contributed by atoms with Gasteiger partial charge in [0.25, 0.3) is 0 Å². The molecule has 2 aliphatic rings. The van der Waals surface area contributed by atoms with Gasteiger partial charge in [0.05, 0.1) is 6.04 Å². The molecule has 2 aliphatic carbocycles. The largest absolute Gasteiger partial charge is 0.354 e. The maximum atomic E-state index is 15.0. The lowest BCUT2D eigenvalue weighted by Crippen LogP contribution is -2.45. The van der Waals surface area contributed by atoms with Crippen molar-refractivity contribution in [2.24, 2.45) is 10.8 Å². The maximum absolute atomic E-state index is 15.0. The molecule has 0 bridgehead atoms. The van der Waals surface area contributed by atoms with E-state index in [2.05, 4.69) is 17.6 Å². The van der Waals surface area contributed by atoms with Crippen molar-refractivity contribution in [3.05, 3.63) is 34.6 Å². The van der Waals surface area contributed by atoms with E-state index >= 15 is 4.39 Å². The van der Waals surface area contributed by atoms with Crippen LogP contribution in [0.3, 0.4) is 0 Å². The molecular formula is C24H35FN2O2. The van der Waals surface area contributed by atoms with Gasteiger partial charge in [0.1, 0.15) is 5.82 Å². The topological polar surface area (TPSA) is 58.2 Å². The fraction of sp³-hybridized carbons (Fsp3) is 0.667. The van der Waals surface area contributed by atoms with Crippen molar-refractivity contribution in [2.45, 2.75) is 91.6 Å². The Labute approximate surface area is 174 Å². The Morgan fingerprint density at radius 3 is 2.41 bits per heavy atom. The first kappa shape index (κ1) is 21.8. The molecule has 0 aromatic heterocycles.